The molecule has 0 aliphatic carbocycles. The topological polar surface area (TPSA) is 114 Å². The zero-order valence-corrected chi connectivity index (χ0v) is 17.4. The third-order valence-electron chi connectivity index (χ3n) is 4.58. The lowest BCUT2D eigenvalue weighted by molar-refractivity contribution is 0.245. The van der Waals surface area contributed by atoms with Crippen molar-refractivity contribution < 1.29 is 14.6 Å². The fourth-order valence-electron chi connectivity index (χ4n) is 2.92. The van der Waals surface area contributed by atoms with E-state index in [1.165, 1.54) is 4.80 Å². The molecule has 0 bridgehead atoms. The van der Waals surface area contributed by atoms with E-state index in [9.17, 15) is 4.79 Å². The van der Waals surface area contributed by atoms with Gasteiger partial charge in [0.2, 0.25) is 0 Å². The van der Waals surface area contributed by atoms with Crippen LogP contribution < -0.4 is 15.4 Å². The standard InChI is InChI=1S/C20H23ClN6O3/c1-13(14-3-9-17(30-2)10-4-14)18(19-24-26-27(25-19)11-12-28)23-20(29)22-16-7-5-15(21)6-8-16/h3-10,13,18,28H,11-12H2,1-2H3,(H2,22,23,29). The Labute approximate surface area is 179 Å². The number of halogens is 1. The van der Waals surface area contributed by atoms with Crippen molar-refractivity contribution >= 4 is 23.3 Å². The Morgan fingerprint density at radius 2 is 1.90 bits per heavy atom. The summed E-state index contributed by atoms with van der Waals surface area (Å²) < 4.78 is 5.21. The number of ether oxygens (including phenoxy) is 1. The van der Waals surface area contributed by atoms with Crippen LogP contribution in [0.1, 0.15) is 30.3 Å². The molecule has 0 aliphatic heterocycles. The van der Waals surface area contributed by atoms with E-state index < -0.39 is 12.1 Å². The minimum atomic E-state index is -0.557. The quantitative estimate of drug-likeness (QED) is 0.506. The summed E-state index contributed by atoms with van der Waals surface area (Å²) >= 11 is 5.89. The first-order chi connectivity index (χ1) is 14.5. The zero-order valence-electron chi connectivity index (χ0n) is 16.6. The normalized spacial score (nSPS) is 12.8. The molecule has 2 aromatic carbocycles. The summed E-state index contributed by atoms with van der Waals surface area (Å²) in [5, 5.41) is 27.7. The van der Waals surface area contributed by atoms with Crippen molar-refractivity contribution in [3.05, 3.63) is 64.9 Å². The number of aliphatic hydroxyl groups excluding tert-OH is 1. The molecule has 3 aromatic rings. The molecule has 9 nitrogen and oxygen atoms in total. The summed E-state index contributed by atoms with van der Waals surface area (Å²) in [6, 6.07) is 13.4. The molecule has 0 saturated heterocycles. The van der Waals surface area contributed by atoms with Crippen LogP contribution in [0.2, 0.25) is 5.02 Å². The zero-order chi connectivity index (χ0) is 21.5. The molecule has 0 fully saturated rings. The van der Waals surface area contributed by atoms with Crippen LogP contribution >= 0.6 is 11.6 Å². The van der Waals surface area contributed by atoms with E-state index in [4.69, 9.17) is 21.4 Å². The van der Waals surface area contributed by atoms with E-state index in [-0.39, 0.29) is 19.1 Å². The number of hydrogen-bond acceptors (Lipinski definition) is 6. The average molecular weight is 431 g/mol. The van der Waals surface area contributed by atoms with Gasteiger partial charge in [-0.25, -0.2) is 4.79 Å². The molecule has 0 aliphatic rings. The highest BCUT2D eigenvalue weighted by Gasteiger charge is 2.27. The maximum absolute atomic E-state index is 12.7. The fourth-order valence-corrected chi connectivity index (χ4v) is 3.04. The van der Waals surface area contributed by atoms with Gasteiger partial charge >= 0.3 is 6.03 Å². The van der Waals surface area contributed by atoms with E-state index in [0.717, 1.165) is 11.3 Å². The van der Waals surface area contributed by atoms with Gasteiger partial charge in [0.25, 0.3) is 0 Å². The summed E-state index contributed by atoms with van der Waals surface area (Å²) in [7, 11) is 1.60. The smallest absolute Gasteiger partial charge is 0.319 e. The van der Waals surface area contributed by atoms with Gasteiger partial charge in [-0.1, -0.05) is 30.7 Å². The summed E-state index contributed by atoms with van der Waals surface area (Å²) in [6.07, 6.45) is 0. The van der Waals surface area contributed by atoms with Crippen molar-refractivity contribution in [2.24, 2.45) is 0 Å². The Balaban J connectivity index is 1.81. The number of nitrogens with zero attached hydrogens (tertiary/aromatic N) is 4. The molecule has 3 N–H and O–H groups in total. The van der Waals surface area contributed by atoms with Gasteiger partial charge in [-0.2, -0.15) is 4.80 Å². The Kier molecular flexibility index (Phi) is 7.21. The van der Waals surface area contributed by atoms with Crippen molar-refractivity contribution in [2.75, 3.05) is 19.0 Å². The second kappa shape index (κ2) is 10.0. The lowest BCUT2D eigenvalue weighted by Gasteiger charge is -2.23. The lowest BCUT2D eigenvalue weighted by atomic mass is 9.92. The molecule has 0 spiro atoms. The van der Waals surface area contributed by atoms with Crippen molar-refractivity contribution in [2.45, 2.75) is 25.4 Å². The van der Waals surface area contributed by atoms with Crippen LogP contribution in [0.25, 0.3) is 0 Å². The molecule has 2 amide bonds. The van der Waals surface area contributed by atoms with Crippen LogP contribution in [0.3, 0.4) is 0 Å². The number of carbonyl (C=O) groups excluding carboxylic acids is 1. The largest absolute Gasteiger partial charge is 0.497 e. The van der Waals surface area contributed by atoms with E-state index in [2.05, 4.69) is 26.0 Å². The second-order valence-electron chi connectivity index (χ2n) is 6.61. The molecule has 2 atom stereocenters. The number of hydrogen-bond donors (Lipinski definition) is 3. The maximum atomic E-state index is 12.7. The first-order valence-corrected chi connectivity index (χ1v) is 9.73. The van der Waals surface area contributed by atoms with E-state index in [1.807, 2.05) is 31.2 Å². The predicted molar refractivity (Wildman–Crippen MR) is 113 cm³/mol. The number of urea groups is 1. The molecule has 1 heterocycles. The highest BCUT2D eigenvalue weighted by Crippen LogP contribution is 2.30. The lowest BCUT2D eigenvalue weighted by Crippen LogP contribution is -2.36. The fraction of sp³-hybridized carbons (Fsp3) is 0.300. The number of carbonyl (C=O) groups is 1. The van der Waals surface area contributed by atoms with Crippen LogP contribution in [0.15, 0.2) is 48.5 Å². The average Bonchev–Trinajstić information content (AvgIpc) is 3.22. The SMILES string of the molecule is COc1ccc(C(C)C(NC(=O)Nc2ccc(Cl)cc2)c2nnn(CCO)n2)cc1. The number of nitrogens with one attached hydrogen (secondary N) is 2. The van der Waals surface area contributed by atoms with Gasteiger partial charge in [0.1, 0.15) is 11.8 Å². The number of aromatic nitrogens is 4. The van der Waals surface area contributed by atoms with Gasteiger partial charge in [0.15, 0.2) is 5.82 Å². The van der Waals surface area contributed by atoms with Crippen molar-refractivity contribution in [1.29, 1.82) is 0 Å². The van der Waals surface area contributed by atoms with Crippen LogP contribution in [0.5, 0.6) is 5.75 Å². The molecule has 10 heteroatoms. The van der Waals surface area contributed by atoms with Gasteiger partial charge in [-0.3, -0.25) is 0 Å². The third-order valence-corrected chi connectivity index (χ3v) is 4.83. The third kappa shape index (κ3) is 5.46. The Morgan fingerprint density at radius 3 is 2.53 bits per heavy atom. The maximum Gasteiger partial charge on any atom is 0.319 e. The number of anilines is 1. The highest BCUT2D eigenvalue weighted by atomic mass is 35.5. The van der Waals surface area contributed by atoms with Crippen molar-refractivity contribution in [3.8, 4) is 5.75 Å². The summed E-state index contributed by atoms with van der Waals surface area (Å²) in [4.78, 5) is 13.9. The minimum absolute atomic E-state index is 0.112. The van der Waals surface area contributed by atoms with Crippen LogP contribution in [0, 0.1) is 0 Å². The van der Waals surface area contributed by atoms with Crippen molar-refractivity contribution in [1.82, 2.24) is 25.5 Å². The van der Waals surface area contributed by atoms with Crippen LogP contribution in [-0.2, 0) is 6.54 Å². The van der Waals surface area contributed by atoms with Gasteiger partial charge in [-0.15, -0.1) is 10.2 Å². The minimum Gasteiger partial charge on any atom is -0.497 e. The van der Waals surface area contributed by atoms with Gasteiger partial charge in [0.05, 0.1) is 20.3 Å². The van der Waals surface area contributed by atoms with Crippen molar-refractivity contribution in [3.63, 3.8) is 0 Å². The molecule has 158 valence electrons. The first kappa shape index (κ1) is 21.5. The number of tetrazole rings is 1. The van der Waals surface area contributed by atoms with Gasteiger partial charge in [-0.05, 0) is 47.2 Å². The molecule has 0 saturated carbocycles. The number of amides is 2. The number of rotatable bonds is 8. The number of benzene rings is 2. The molecule has 3 rings (SSSR count). The van der Waals surface area contributed by atoms with Crippen LogP contribution in [0.4, 0.5) is 10.5 Å². The second-order valence-corrected chi connectivity index (χ2v) is 7.05. The summed E-state index contributed by atoms with van der Waals surface area (Å²) in [5.41, 5.74) is 1.57. The molecular weight excluding hydrogens is 408 g/mol. The van der Waals surface area contributed by atoms with E-state index in [1.54, 1.807) is 31.4 Å². The summed E-state index contributed by atoms with van der Waals surface area (Å²) in [6.45, 7) is 2.06. The molecular formula is C20H23ClN6O3. The van der Waals surface area contributed by atoms with Gasteiger partial charge in [0, 0.05) is 16.6 Å². The Bertz CT molecular complexity index is 961. The molecule has 1 aromatic heterocycles. The van der Waals surface area contributed by atoms with E-state index in [0.29, 0.717) is 16.5 Å². The monoisotopic (exact) mass is 430 g/mol. The van der Waals surface area contributed by atoms with Gasteiger partial charge < -0.3 is 20.5 Å². The molecule has 2 unspecified atom stereocenters. The predicted octanol–water partition coefficient (Wildman–Crippen LogP) is 2.99. The van der Waals surface area contributed by atoms with E-state index >= 15 is 0 Å². The molecule has 0 radical (unpaired) electrons. The van der Waals surface area contributed by atoms with Crippen LogP contribution in [-0.4, -0.2) is 45.1 Å². The first-order valence-electron chi connectivity index (χ1n) is 9.35. The Morgan fingerprint density at radius 1 is 1.20 bits per heavy atom. The number of methoxy groups -OCH3 is 1. The molecule has 30 heavy (non-hydrogen) atoms. The summed E-state index contributed by atoms with van der Waals surface area (Å²) in [5.74, 6) is 0.916. The Hall–Kier alpha value is -3.17. The number of aliphatic hydroxyl groups is 1. The highest BCUT2D eigenvalue weighted by molar-refractivity contribution is 6.30.